The van der Waals surface area contributed by atoms with Gasteiger partial charge >= 0.3 is 5.97 Å². The van der Waals surface area contributed by atoms with Crippen molar-refractivity contribution >= 4 is 17.7 Å². The number of hydrogen-bond donors (Lipinski definition) is 2. The Morgan fingerprint density at radius 3 is 2.76 bits per heavy atom. The number of thioether (sulfide) groups is 1. The lowest BCUT2D eigenvalue weighted by atomic mass is 10.2. The van der Waals surface area contributed by atoms with Gasteiger partial charge in [0.25, 0.3) is 0 Å². The summed E-state index contributed by atoms with van der Waals surface area (Å²) in [5.41, 5.74) is 6.06. The van der Waals surface area contributed by atoms with Gasteiger partial charge in [-0.2, -0.15) is 11.8 Å². The summed E-state index contributed by atoms with van der Waals surface area (Å²) in [6.45, 7) is 0. The molecule has 1 unspecified atom stereocenters. The molecule has 0 heterocycles. The molecule has 1 atom stereocenters. The minimum atomic E-state index is -0.972. The summed E-state index contributed by atoms with van der Waals surface area (Å²) >= 11 is 1.59. The van der Waals surface area contributed by atoms with Gasteiger partial charge in [0.15, 0.2) is 0 Å². The maximum Gasteiger partial charge on any atom is 0.320 e. The molecule has 0 radical (unpaired) electrons. The van der Waals surface area contributed by atoms with Crippen LogP contribution < -0.4 is 5.73 Å². The Morgan fingerprint density at radius 1 is 1.41 bits per heavy atom. The predicted molar refractivity (Wildman–Crippen MR) is 67.7 cm³/mol. The van der Waals surface area contributed by atoms with Crippen LogP contribution in [0.25, 0.3) is 0 Å². The zero-order chi connectivity index (χ0) is 12.7. The number of carbonyl (C=O) groups is 1. The monoisotopic (exact) mass is 257 g/mol. The second-order valence-electron chi connectivity index (χ2n) is 3.69. The topological polar surface area (TPSA) is 63.3 Å². The molecule has 0 saturated heterocycles. The number of aliphatic carboxylic acids is 1. The fraction of sp³-hybridized carbons (Fsp3) is 0.417. The van der Waals surface area contributed by atoms with Crippen LogP contribution >= 0.6 is 11.8 Å². The summed E-state index contributed by atoms with van der Waals surface area (Å²) in [5.74, 6) is 0.296. The third-order valence-electron chi connectivity index (χ3n) is 2.36. The molecular formula is C12H16FNO2S. The normalized spacial score (nSPS) is 12.4. The zero-order valence-corrected chi connectivity index (χ0v) is 10.3. The van der Waals surface area contributed by atoms with Gasteiger partial charge in [0.1, 0.15) is 11.9 Å². The Balaban J connectivity index is 2.17. The van der Waals surface area contributed by atoms with Gasteiger partial charge in [0, 0.05) is 0 Å². The maximum absolute atomic E-state index is 13.2. The second kappa shape index (κ2) is 7.29. The van der Waals surface area contributed by atoms with Crippen molar-refractivity contribution in [1.29, 1.82) is 0 Å². The van der Waals surface area contributed by atoms with E-state index in [1.54, 1.807) is 23.9 Å². The number of hydrogen-bond acceptors (Lipinski definition) is 3. The van der Waals surface area contributed by atoms with E-state index < -0.39 is 12.0 Å². The Morgan fingerprint density at radius 2 is 2.12 bits per heavy atom. The molecule has 0 aliphatic rings. The van der Waals surface area contributed by atoms with Crippen molar-refractivity contribution in [3.8, 4) is 0 Å². The van der Waals surface area contributed by atoms with Crippen LogP contribution in [-0.4, -0.2) is 28.6 Å². The average Bonchev–Trinajstić information content (AvgIpc) is 2.30. The molecule has 0 aromatic heterocycles. The molecule has 1 aromatic carbocycles. The van der Waals surface area contributed by atoms with Gasteiger partial charge in [-0.15, -0.1) is 0 Å². The van der Waals surface area contributed by atoms with Gasteiger partial charge in [-0.05, 0) is 36.0 Å². The molecule has 17 heavy (non-hydrogen) atoms. The SMILES string of the molecule is NC(CCSCCc1ccccc1F)C(=O)O. The van der Waals surface area contributed by atoms with Crippen LogP contribution in [-0.2, 0) is 11.2 Å². The van der Waals surface area contributed by atoms with Gasteiger partial charge in [0.05, 0.1) is 0 Å². The smallest absolute Gasteiger partial charge is 0.320 e. The third-order valence-corrected chi connectivity index (χ3v) is 3.38. The Bertz CT molecular complexity index is 373. The van der Waals surface area contributed by atoms with Gasteiger partial charge in [-0.3, -0.25) is 4.79 Å². The van der Waals surface area contributed by atoms with Crippen LogP contribution in [0.3, 0.4) is 0 Å². The number of nitrogens with two attached hydrogens (primary N) is 1. The minimum Gasteiger partial charge on any atom is -0.480 e. The van der Waals surface area contributed by atoms with Crippen LogP contribution in [0.2, 0.25) is 0 Å². The number of rotatable bonds is 7. The molecule has 0 bridgehead atoms. The number of aryl methyl sites for hydroxylation is 1. The summed E-state index contributed by atoms with van der Waals surface area (Å²) < 4.78 is 13.2. The van der Waals surface area contributed by atoms with Crippen molar-refractivity contribution in [3.05, 3.63) is 35.6 Å². The first kappa shape index (κ1) is 14.0. The first-order valence-electron chi connectivity index (χ1n) is 5.41. The van der Waals surface area contributed by atoms with E-state index >= 15 is 0 Å². The van der Waals surface area contributed by atoms with Crippen molar-refractivity contribution in [2.45, 2.75) is 18.9 Å². The quantitative estimate of drug-likeness (QED) is 0.732. The summed E-state index contributed by atoms with van der Waals surface area (Å²) in [4.78, 5) is 10.4. The number of benzene rings is 1. The van der Waals surface area contributed by atoms with Gasteiger partial charge in [-0.1, -0.05) is 18.2 Å². The standard InChI is InChI=1S/C12H16FNO2S/c13-10-4-2-1-3-9(10)5-7-17-8-6-11(14)12(15)16/h1-4,11H,5-8,14H2,(H,15,16). The van der Waals surface area contributed by atoms with E-state index in [0.717, 1.165) is 5.75 Å². The van der Waals surface area contributed by atoms with Crippen LogP contribution in [0.1, 0.15) is 12.0 Å². The Kier molecular flexibility index (Phi) is 6.00. The van der Waals surface area contributed by atoms with Crippen molar-refractivity contribution in [1.82, 2.24) is 0 Å². The molecule has 3 nitrogen and oxygen atoms in total. The molecule has 3 N–H and O–H groups in total. The second-order valence-corrected chi connectivity index (χ2v) is 4.91. The van der Waals surface area contributed by atoms with E-state index in [4.69, 9.17) is 10.8 Å². The number of carboxylic acid groups (broad SMARTS) is 1. The average molecular weight is 257 g/mol. The summed E-state index contributed by atoms with van der Waals surface area (Å²) in [7, 11) is 0. The number of carboxylic acids is 1. The van der Waals surface area contributed by atoms with E-state index in [9.17, 15) is 9.18 Å². The molecule has 0 amide bonds. The van der Waals surface area contributed by atoms with Gasteiger partial charge in [0.2, 0.25) is 0 Å². The van der Waals surface area contributed by atoms with Crippen LogP contribution in [0.15, 0.2) is 24.3 Å². The summed E-state index contributed by atoms with van der Waals surface area (Å²) in [6.07, 6.45) is 1.09. The highest BCUT2D eigenvalue weighted by atomic mass is 32.2. The molecule has 1 aromatic rings. The fourth-order valence-electron chi connectivity index (χ4n) is 1.32. The first-order valence-corrected chi connectivity index (χ1v) is 6.56. The zero-order valence-electron chi connectivity index (χ0n) is 9.43. The van der Waals surface area contributed by atoms with E-state index in [0.29, 0.717) is 24.2 Å². The first-order chi connectivity index (χ1) is 8.11. The van der Waals surface area contributed by atoms with Gasteiger partial charge < -0.3 is 10.8 Å². The Labute approximate surface area is 104 Å². The molecule has 0 aliphatic heterocycles. The van der Waals surface area contributed by atoms with E-state index in [1.807, 2.05) is 6.07 Å². The molecule has 0 spiro atoms. The lowest BCUT2D eigenvalue weighted by Gasteiger charge is -2.06. The lowest BCUT2D eigenvalue weighted by molar-refractivity contribution is -0.138. The summed E-state index contributed by atoms with van der Waals surface area (Å²) in [5, 5.41) is 8.57. The molecule has 94 valence electrons. The predicted octanol–water partition coefficient (Wildman–Crippen LogP) is 1.90. The number of halogens is 1. The third kappa shape index (κ3) is 5.19. The highest BCUT2D eigenvalue weighted by molar-refractivity contribution is 7.99. The van der Waals surface area contributed by atoms with E-state index in [-0.39, 0.29) is 5.82 Å². The molecule has 5 heteroatoms. The van der Waals surface area contributed by atoms with Crippen molar-refractivity contribution in [2.75, 3.05) is 11.5 Å². The largest absolute Gasteiger partial charge is 0.480 e. The molecule has 0 saturated carbocycles. The molecule has 0 fully saturated rings. The Hall–Kier alpha value is -1.07. The van der Waals surface area contributed by atoms with Crippen LogP contribution in [0, 0.1) is 5.82 Å². The minimum absolute atomic E-state index is 0.185. The molecule has 1 rings (SSSR count). The van der Waals surface area contributed by atoms with Crippen molar-refractivity contribution in [2.24, 2.45) is 5.73 Å². The van der Waals surface area contributed by atoms with Crippen molar-refractivity contribution < 1.29 is 14.3 Å². The van der Waals surface area contributed by atoms with E-state index in [2.05, 4.69) is 0 Å². The highest BCUT2D eigenvalue weighted by Crippen LogP contribution is 2.12. The van der Waals surface area contributed by atoms with Crippen LogP contribution in [0.4, 0.5) is 4.39 Å². The van der Waals surface area contributed by atoms with E-state index in [1.165, 1.54) is 6.07 Å². The maximum atomic E-state index is 13.2. The fourth-order valence-corrected chi connectivity index (χ4v) is 2.31. The highest BCUT2D eigenvalue weighted by Gasteiger charge is 2.10. The molecule has 0 aliphatic carbocycles. The molecular weight excluding hydrogens is 241 g/mol. The van der Waals surface area contributed by atoms with Crippen LogP contribution in [0.5, 0.6) is 0 Å². The lowest BCUT2D eigenvalue weighted by Crippen LogP contribution is -2.30. The van der Waals surface area contributed by atoms with Gasteiger partial charge in [-0.25, -0.2) is 4.39 Å². The van der Waals surface area contributed by atoms with Crippen molar-refractivity contribution in [3.63, 3.8) is 0 Å². The summed E-state index contributed by atoms with van der Waals surface area (Å²) in [6, 6.07) is 5.89.